The summed E-state index contributed by atoms with van der Waals surface area (Å²) in [4.78, 5) is 12.4. The number of sulfonamides is 1. The van der Waals surface area contributed by atoms with Gasteiger partial charge in [0.25, 0.3) is 0 Å². The normalized spacial score (nSPS) is 14.2. The van der Waals surface area contributed by atoms with Crippen molar-refractivity contribution in [1.82, 2.24) is 5.32 Å². The number of benzene rings is 1. The molecule has 0 spiro atoms. The van der Waals surface area contributed by atoms with Crippen LogP contribution in [0.2, 0.25) is 0 Å². The molecule has 0 fully saturated rings. The molecule has 0 aliphatic rings. The van der Waals surface area contributed by atoms with Gasteiger partial charge in [0.15, 0.2) is 0 Å². The minimum Gasteiger partial charge on any atom is -0.383 e. The van der Waals surface area contributed by atoms with E-state index in [1.54, 1.807) is 27.0 Å². The van der Waals surface area contributed by atoms with Crippen LogP contribution < -0.4 is 9.62 Å². The monoisotopic (exact) mass is 342 g/mol. The Balaban J connectivity index is 3.17. The topological polar surface area (TPSA) is 75.7 Å². The fourth-order valence-electron chi connectivity index (χ4n) is 2.39. The number of carbonyl (C=O) groups is 1. The molecule has 1 N–H and O–H groups in total. The largest absolute Gasteiger partial charge is 0.383 e. The van der Waals surface area contributed by atoms with Gasteiger partial charge in [-0.3, -0.25) is 9.10 Å². The Morgan fingerprint density at radius 1 is 1.30 bits per heavy atom. The number of ether oxygens (including phenoxy) is 1. The summed E-state index contributed by atoms with van der Waals surface area (Å²) < 4.78 is 30.7. The van der Waals surface area contributed by atoms with E-state index in [-0.39, 0.29) is 11.9 Å². The van der Waals surface area contributed by atoms with Crippen LogP contribution in [0.4, 0.5) is 5.69 Å². The molecule has 0 radical (unpaired) electrons. The molecular weight excluding hydrogens is 316 g/mol. The van der Waals surface area contributed by atoms with E-state index in [4.69, 9.17) is 4.74 Å². The Bertz CT molecular complexity index is 658. The van der Waals surface area contributed by atoms with E-state index in [2.05, 4.69) is 5.32 Å². The third-order valence-electron chi connectivity index (χ3n) is 3.50. The molecule has 0 aliphatic carbocycles. The van der Waals surface area contributed by atoms with E-state index in [1.807, 2.05) is 26.0 Å². The lowest BCUT2D eigenvalue weighted by molar-refractivity contribution is -0.122. The number of nitrogens with zero attached hydrogens (tertiary/aromatic N) is 1. The maximum Gasteiger partial charge on any atom is 0.243 e. The van der Waals surface area contributed by atoms with Crippen LogP contribution in [-0.4, -0.2) is 46.4 Å². The molecule has 23 heavy (non-hydrogen) atoms. The van der Waals surface area contributed by atoms with Gasteiger partial charge >= 0.3 is 0 Å². The molecule has 130 valence electrons. The van der Waals surface area contributed by atoms with Crippen LogP contribution in [0.1, 0.15) is 25.0 Å². The summed E-state index contributed by atoms with van der Waals surface area (Å²) in [6, 6.07) is 4.48. The number of nitrogens with one attached hydrogen (secondary N) is 1. The summed E-state index contributed by atoms with van der Waals surface area (Å²) in [5, 5.41) is 2.77. The summed E-state index contributed by atoms with van der Waals surface area (Å²) in [5.74, 6) is -0.360. The molecule has 0 saturated heterocycles. The highest BCUT2D eigenvalue weighted by Gasteiger charge is 2.30. The van der Waals surface area contributed by atoms with E-state index in [1.165, 1.54) is 4.31 Å². The highest BCUT2D eigenvalue weighted by molar-refractivity contribution is 7.92. The molecule has 2 atom stereocenters. The van der Waals surface area contributed by atoms with Gasteiger partial charge in [0.05, 0.1) is 18.6 Å². The molecule has 0 heterocycles. The summed E-state index contributed by atoms with van der Waals surface area (Å²) in [6.45, 7) is 7.45. The average molecular weight is 342 g/mol. The average Bonchev–Trinajstić information content (AvgIpc) is 2.41. The van der Waals surface area contributed by atoms with Gasteiger partial charge < -0.3 is 10.1 Å². The molecule has 0 aliphatic heterocycles. The number of rotatable bonds is 7. The van der Waals surface area contributed by atoms with Gasteiger partial charge in [-0.05, 0) is 44.9 Å². The third kappa shape index (κ3) is 5.21. The van der Waals surface area contributed by atoms with Gasteiger partial charge in [-0.25, -0.2) is 8.42 Å². The molecule has 7 heteroatoms. The van der Waals surface area contributed by atoms with Crippen LogP contribution >= 0.6 is 0 Å². The molecule has 1 amide bonds. The lowest BCUT2D eigenvalue weighted by atomic mass is 10.1. The molecular formula is C16H26N2O4S. The molecule has 1 aromatic rings. The molecule has 0 aromatic heterocycles. The van der Waals surface area contributed by atoms with E-state index in [0.717, 1.165) is 17.4 Å². The number of hydrogen-bond donors (Lipinski definition) is 1. The van der Waals surface area contributed by atoms with Crippen molar-refractivity contribution in [3.05, 3.63) is 29.3 Å². The highest BCUT2D eigenvalue weighted by Crippen LogP contribution is 2.26. The third-order valence-corrected chi connectivity index (χ3v) is 4.72. The standard InChI is InChI=1S/C16H26N2O4S/c1-11-7-8-12(2)15(9-11)18(23(6,20)21)14(4)16(19)17-13(3)10-22-5/h7-9,13-14H,10H2,1-6H3,(H,17,19)/t13-,14+/m0/s1. The zero-order chi connectivity index (χ0) is 17.8. The van der Waals surface area contributed by atoms with Gasteiger partial charge in [0.1, 0.15) is 6.04 Å². The van der Waals surface area contributed by atoms with E-state index in [9.17, 15) is 13.2 Å². The zero-order valence-corrected chi connectivity index (χ0v) is 15.4. The first-order chi connectivity index (χ1) is 10.6. The number of aryl methyl sites for hydroxylation is 2. The second-order valence-corrected chi connectivity index (χ2v) is 7.75. The number of amides is 1. The Kier molecular flexibility index (Phi) is 6.58. The molecule has 0 unspecified atom stereocenters. The van der Waals surface area contributed by atoms with Gasteiger partial charge in [-0.1, -0.05) is 12.1 Å². The van der Waals surface area contributed by atoms with Gasteiger partial charge in [-0.2, -0.15) is 0 Å². The van der Waals surface area contributed by atoms with E-state index >= 15 is 0 Å². The van der Waals surface area contributed by atoms with Crippen LogP contribution in [-0.2, 0) is 19.6 Å². The quantitative estimate of drug-likeness (QED) is 0.817. The maximum absolute atomic E-state index is 12.4. The van der Waals surface area contributed by atoms with E-state index in [0.29, 0.717) is 12.3 Å². The summed E-state index contributed by atoms with van der Waals surface area (Å²) >= 11 is 0. The Labute approximate surface area is 138 Å². The molecule has 0 saturated carbocycles. The van der Waals surface area contributed by atoms with Gasteiger partial charge in [-0.15, -0.1) is 0 Å². The smallest absolute Gasteiger partial charge is 0.243 e. The second kappa shape index (κ2) is 7.79. The van der Waals surface area contributed by atoms with Gasteiger partial charge in [0, 0.05) is 13.2 Å². The number of hydrogen-bond acceptors (Lipinski definition) is 4. The number of methoxy groups -OCH3 is 1. The first-order valence-electron chi connectivity index (χ1n) is 7.44. The molecule has 0 bridgehead atoms. The highest BCUT2D eigenvalue weighted by atomic mass is 32.2. The predicted octanol–water partition coefficient (Wildman–Crippen LogP) is 1.61. The SMILES string of the molecule is COC[C@H](C)NC(=O)[C@@H](C)N(c1cc(C)ccc1C)S(C)(=O)=O. The molecule has 6 nitrogen and oxygen atoms in total. The van der Waals surface area contributed by atoms with Crippen molar-refractivity contribution in [3.63, 3.8) is 0 Å². The van der Waals surface area contributed by atoms with Crippen LogP contribution in [0.3, 0.4) is 0 Å². The maximum atomic E-state index is 12.4. The van der Waals surface area contributed by atoms with Crippen molar-refractivity contribution in [1.29, 1.82) is 0 Å². The van der Waals surface area contributed by atoms with Crippen molar-refractivity contribution >= 4 is 21.6 Å². The predicted molar refractivity (Wildman–Crippen MR) is 92.2 cm³/mol. The van der Waals surface area contributed by atoms with Crippen LogP contribution in [0, 0.1) is 13.8 Å². The fraction of sp³-hybridized carbons (Fsp3) is 0.562. The lowest BCUT2D eigenvalue weighted by Crippen LogP contribution is -2.50. The minimum absolute atomic E-state index is 0.199. The summed E-state index contributed by atoms with van der Waals surface area (Å²) in [6.07, 6.45) is 1.11. The van der Waals surface area contributed by atoms with Crippen LogP contribution in [0.25, 0.3) is 0 Å². The first kappa shape index (κ1) is 19.4. The van der Waals surface area contributed by atoms with E-state index < -0.39 is 16.1 Å². The van der Waals surface area contributed by atoms with Crippen molar-refractivity contribution in [3.8, 4) is 0 Å². The van der Waals surface area contributed by atoms with Crippen molar-refractivity contribution < 1.29 is 17.9 Å². The second-order valence-electron chi connectivity index (χ2n) is 5.89. The molecule has 1 aromatic carbocycles. The Hall–Kier alpha value is -1.60. The summed E-state index contributed by atoms with van der Waals surface area (Å²) in [7, 11) is -2.06. The zero-order valence-electron chi connectivity index (χ0n) is 14.6. The molecule has 1 rings (SSSR count). The van der Waals surface area contributed by atoms with Crippen molar-refractivity contribution in [2.45, 2.75) is 39.8 Å². The Morgan fingerprint density at radius 2 is 1.91 bits per heavy atom. The van der Waals surface area contributed by atoms with Crippen LogP contribution in [0.5, 0.6) is 0 Å². The van der Waals surface area contributed by atoms with Gasteiger partial charge in [0.2, 0.25) is 15.9 Å². The minimum atomic E-state index is -3.61. The number of carbonyl (C=O) groups excluding carboxylic acids is 1. The summed E-state index contributed by atoms with van der Waals surface area (Å²) in [5.41, 5.74) is 2.25. The van der Waals surface area contributed by atoms with Crippen molar-refractivity contribution in [2.24, 2.45) is 0 Å². The fourth-order valence-corrected chi connectivity index (χ4v) is 3.62. The number of anilines is 1. The Morgan fingerprint density at radius 3 is 2.43 bits per heavy atom. The lowest BCUT2D eigenvalue weighted by Gasteiger charge is -2.30. The van der Waals surface area contributed by atoms with Crippen LogP contribution in [0.15, 0.2) is 18.2 Å². The van der Waals surface area contributed by atoms with Crippen molar-refractivity contribution in [2.75, 3.05) is 24.3 Å². The first-order valence-corrected chi connectivity index (χ1v) is 9.28.